The normalized spacial score (nSPS) is 9.33. The maximum atomic E-state index is 8.95. The number of ether oxygens (including phenoxy) is 1. The molecular formula is C6H14N6O6. The number of anilines is 3. The number of aromatic nitrogens is 3. The molecule has 0 unspecified atom stereocenters. The Hall–Kier alpha value is -1.83. The summed E-state index contributed by atoms with van der Waals surface area (Å²) in [4.78, 5) is 9.90. The highest BCUT2D eigenvalue weighted by atomic mass is 16.8. The minimum absolute atomic E-state index is 0.418. The van der Waals surface area contributed by atoms with E-state index in [4.69, 9.17) is 26.0 Å². The monoisotopic (exact) mass is 266 g/mol. The van der Waals surface area contributed by atoms with Crippen molar-refractivity contribution in [1.82, 2.24) is 15.0 Å². The van der Waals surface area contributed by atoms with E-state index in [-0.39, 0.29) is 0 Å². The highest BCUT2D eigenvalue weighted by Crippen LogP contribution is 2.13. The molecule has 1 heterocycles. The Labute approximate surface area is 101 Å². The summed E-state index contributed by atoms with van der Waals surface area (Å²) in [5, 5.41) is 42.8. The highest BCUT2D eigenvalue weighted by molar-refractivity contribution is 5.39. The highest BCUT2D eigenvalue weighted by Gasteiger charge is 2.15. The number of methoxy groups -OCH3 is 1. The molecule has 1 aromatic rings. The summed E-state index contributed by atoms with van der Waals surface area (Å²) in [6, 6.07) is 0. The summed E-state index contributed by atoms with van der Waals surface area (Å²) in [6.45, 7) is 0. The Kier molecular flexibility index (Phi) is 6.73. The molecule has 0 bridgehead atoms. The van der Waals surface area contributed by atoms with Gasteiger partial charge in [-0.2, -0.15) is 15.0 Å². The van der Waals surface area contributed by atoms with Crippen molar-refractivity contribution in [2.45, 2.75) is 0 Å². The second kappa shape index (κ2) is 7.49. The number of hydrogen-bond acceptors (Lipinski definition) is 12. The third-order valence-corrected chi connectivity index (χ3v) is 1.25. The van der Waals surface area contributed by atoms with Gasteiger partial charge in [-0.05, 0) is 0 Å². The van der Waals surface area contributed by atoms with Gasteiger partial charge in [0.25, 0.3) is 17.8 Å². The van der Waals surface area contributed by atoms with Crippen LogP contribution in [-0.2, 0) is 4.74 Å². The van der Waals surface area contributed by atoms with Gasteiger partial charge in [0.2, 0.25) is 0 Å². The zero-order valence-electron chi connectivity index (χ0n) is 9.83. The lowest BCUT2D eigenvalue weighted by atomic mass is 10.8. The molecule has 0 saturated carbocycles. The Morgan fingerprint density at radius 1 is 0.778 bits per heavy atom. The summed E-state index contributed by atoms with van der Waals surface area (Å²) in [5.41, 5.74) is 0. The fourth-order valence-electron chi connectivity index (χ4n) is 0.667. The first-order valence-corrected chi connectivity index (χ1v) is 4.28. The van der Waals surface area contributed by atoms with E-state index < -0.39 is 28.3 Å². The molecule has 0 radical (unpaired) electrons. The van der Waals surface area contributed by atoms with E-state index in [1.807, 2.05) is 0 Å². The van der Waals surface area contributed by atoms with Gasteiger partial charge < -0.3 is 4.74 Å². The van der Waals surface area contributed by atoms with Crippen molar-refractivity contribution >= 4 is 17.8 Å². The van der Waals surface area contributed by atoms with Crippen molar-refractivity contribution < 1.29 is 30.8 Å². The standard InChI is InChI=1S/C4H8N6O5.C2H6O/c1-8(11)2-5-3(9(12)13)7-4(6-2)10(14)15;1-3-2/h11-15H,1H3;1-2H3. The van der Waals surface area contributed by atoms with Crippen LogP contribution >= 0.6 is 0 Å². The number of nitrogens with zero attached hydrogens (tertiary/aromatic N) is 6. The third-order valence-electron chi connectivity index (χ3n) is 1.25. The molecule has 0 aliphatic carbocycles. The summed E-state index contributed by atoms with van der Waals surface area (Å²) in [5.74, 6) is -1.83. The van der Waals surface area contributed by atoms with Crippen LogP contribution in [0.4, 0.5) is 17.8 Å². The van der Waals surface area contributed by atoms with E-state index in [0.717, 1.165) is 7.05 Å². The van der Waals surface area contributed by atoms with Gasteiger partial charge in [-0.15, -0.1) is 0 Å². The summed E-state index contributed by atoms with van der Waals surface area (Å²) >= 11 is 0. The average Bonchev–Trinajstić information content (AvgIpc) is 2.29. The average molecular weight is 266 g/mol. The summed E-state index contributed by atoms with van der Waals surface area (Å²) in [7, 11) is 4.39. The summed E-state index contributed by atoms with van der Waals surface area (Å²) in [6.07, 6.45) is 0. The molecule has 12 nitrogen and oxygen atoms in total. The second-order valence-corrected chi connectivity index (χ2v) is 2.75. The minimum atomic E-state index is -0.705. The molecule has 0 amide bonds. The maximum absolute atomic E-state index is 8.95. The first-order valence-electron chi connectivity index (χ1n) is 4.28. The SMILES string of the molecule is CN(O)c1nc(N(O)O)nc(N(O)O)n1.COC. The van der Waals surface area contributed by atoms with Crippen molar-refractivity contribution in [3.05, 3.63) is 0 Å². The summed E-state index contributed by atoms with van der Waals surface area (Å²) < 4.78 is 4.25. The lowest BCUT2D eigenvalue weighted by Crippen LogP contribution is -2.23. The van der Waals surface area contributed by atoms with Gasteiger partial charge in [0, 0.05) is 21.3 Å². The Morgan fingerprint density at radius 3 is 1.28 bits per heavy atom. The van der Waals surface area contributed by atoms with Gasteiger partial charge in [0.1, 0.15) is 0 Å². The predicted octanol–water partition coefficient (Wildman–Crippen LogP) is -0.871. The Bertz CT molecular complexity index is 296. The molecule has 0 spiro atoms. The quantitative estimate of drug-likeness (QED) is 0.431. The number of hydrogen-bond donors (Lipinski definition) is 5. The van der Waals surface area contributed by atoms with Crippen LogP contribution in [0.5, 0.6) is 0 Å². The van der Waals surface area contributed by atoms with Gasteiger partial charge in [0.05, 0.1) is 0 Å². The van der Waals surface area contributed by atoms with E-state index in [2.05, 4.69) is 19.7 Å². The van der Waals surface area contributed by atoms with Crippen LogP contribution in [0.15, 0.2) is 0 Å². The third kappa shape index (κ3) is 5.00. The van der Waals surface area contributed by atoms with Gasteiger partial charge in [-0.25, -0.2) is 5.06 Å². The number of rotatable bonds is 3. The molecule has 12 heteroatoms. The van der Waals surface area contributed by atoms with Crippen molar-refractivity contribution in [2.75, 3.05) is 36.8 Å². The predicted molar refractivity (Wildman–Crippen MR) is 55.1 cm³/mol. The number of hydroxylamine groups is 1. The largest absolute Gasteiger partial charge is 0.388 e. The second-order valence-electron chi connectivity index (χ2n) is 2.75. The van der Waals surface area contributed by atoms with E-state index >= 15 is 0 Å². The van der Waals surface area contributed by atoms with E-state index in [0.29, 0.717) is 5.06 Å². The zero-order chi connectivity index (χ0) is 14.3. The molecule has 0 saturated heterocycles. The first kappa shape index (κ1) is 16.2. The molecule has 0 aliphatic heterocycles. The molecule has 0 fully saturated rings. The fourth-order valence-corrected chi connectivity index (χ4v) is 0.667. The van der Waals surface area contributed by atoms with E-state index in [1.54, 1.807) is 14.2 Å². The Morgan fingerprint density at radius 2 is 1.06 bits per heavy atom. The molecule has 0 atom stereocenters. The van der Waals surface area contributed by atoms with Gasteiger partial charge in [-0.3, -0.25) is 26.0 Å². The maximum Gasteiger partial charge on any atom is 0.284 e. The molecular weight excluding hydrogens is 252 g/mol. The van der Waals surface area contributed by atoms with Crippen LogP contribution in [0.25, 0.3) is 0 Å². The molecule has 5 N–H and O–H groups in total. The molecule has 0 aromatic carbocycles. The molecule has 18 heavy (non-hydrogen) atoms. The lowest BCUT2D eigenvalue weighted by Gasteiger charge is -2.13. The zero-order valence-corrected chi connectivity index (χ0v) is 9.83. The molecule has 1 aromatic heterocycles. The van der Waals surface area contributed by atoms with Crippen molar-refractivity contribution in [3.8, 4) is 0 Å². The van der Waals surface area contributed by atoms with Crippen LogP contribution in [0.3, 0.4) is 0 Å². The minimum Gasteiger partial charge on any atom is -0.388 e. The molecule has 0 aliphatic rings. The van der Waals surface area contributed by atoms with Crippen LogP contribution < -0.4 is 15.5 Å². The van der Waals surface area contributed by atoms with E-state index in [9.17, 15) is 0 Å². The van der Waals surface area contributed by atoms with Crippen LogP contribution in [0, 0.1) is 0 Å². The first-order chi connectivity index (χ1) is 8.33. The fraction of sp³-hybridized carbons (Fsp3) is 0.500. The molecule has 104 valence electrons. The van der Waals surface area contributed by atoms with Gasteiger partial charge in [0.15, 0.2) is 0 Å². The van der Waals surface area contributed by atoms with Crippen molar-refractivity contribution in [1.29, 1.82) is 0 Å². The van der Waals surface area contributed by atoms with Gasteiger partial charge in [-0.1, -0.05) is 10.5 Å². The van der Waals surface area contributed by atoms with Crippen LogP contribution in [0.2, 0.25) is 0 Å². The van der Waals surface area contributed by atoms with Crippen molar-refractivity contribution in [2.24, 2.45) is 0 Å². The molecule has 1 rings (SSSR count). The van der Waals surface area contributed by atoms with E-state index in [1.165, 1.54) is 0 Å². The lowest BCUT2D eigenvalue weighted by molar-refractivity contribution is 0.0178. The topological polar surface area (TPSA) is 159 Å². The van der Waals surface area contributed by atoms with Crippen LogP contribution in [0.1, 0.15) is 0 Å². The van der Waals surface area contributed by atoms with Crippen LogP contribution in [-0.4, -0.2) is 62.3 Å². The smallest absolute Gasteiger partial charge is 0.284 e. The van der Waals surface area contributed by atoms with Gasteiger partial charge >= 0.3 is 0 Å². The Balaban J connectivity index is 0.000000873. The van der Waals surface area contributed by atoms with Crippen molar-refractivity contribution in [3.63, 3.8) is 0 Å².